The van der Waals surface area contributed by atoms with Gasteiger partial charge in [0.15, 0.2) is 4.34 Å². The lowest BCUT2D eigenvalue weighted by Crippen LogP contribution is -2.14. The number of nitrogens with zero attached hydrogens (tertiary/aromatic N) is 2. The maximum atomic E-state index is 12.2. The maximum Gasteiger partial charge on any atom is 0.234 e. The molecule has 0 radical (unpaired) electrons. The molecule has 5 nitrogen and oxygen atoms in total. The smallest absolute Gasteiger partial charge is 0.234 e. The topological polar surface area (TPSA) is 66.9 Å². The molecule has 0 unspecified atom stereocenters. The Morgan fingerprint density at radius 2 is 2.00 bits per heavy atom. The van der Waals surface area contributed by atoms with E-state index in [9.17, 15) is 4.79 Å². The Morgan fingerprint density at radius 1 is 1.17 bits per heavy atom. The number of anilines is 2. The number of fused-ring (bicyclic) bond motifs is 1. The molecule has 7 heteroatoms. The number of nitrogens with one attached hydrogen (secondary N) is 2. The summed E-state index contributed by atoms with van der Waals surface area (Å²) in [5.41, 5.74) is 0.833. The second-order valence-electron chi connectivity index (χ2n) is 4.77. The van der Waals surface area contributed by atoms with Crippen molar-refractivity contribution in [3.8, 4) is 0 Å². The van der Waals surface area contributed by atoms with Crippen LogP contribution in [0.3, 0.4) is 0 Å². The quantitative estimate of drug-likeness (QED) is 0.665. The molecule has 118 valence electrons. The second-order valence-corrected chi connectivity index (χ2v) is 6.97. The molecule has 0 spiro atoms. The molecular formula is C16H16N4OS2. The molecule has 1 heterocycles. The molecule has 0 aliphatic carbocycles. The Morgan fingerprint density at radius 3 is 2.87 bits per heavy atom. The Kier molecular flexibility index (Phi) is 5.09. The van der Waals surface area contributed by atoms with Gasteiger partial charge in [-0.15, -0.1) is 10.2 Å². The van der Waals surface area contributed by atoms with Crippen molar-refractivity contribution in [2.24, 2.45) is 0 Å². The van der Waals surface area contributed by atoms with E-state index in [-0.39, 0.29) is 5.91 Å². The highest BCUT2D eigenvalue weighted by atomic mass is 32.2. The molecule has 23 heavy (non-hydrogen) atoms. The zero-order chi connectivity index (χ0) is 16.1. The lowest BCUT2D eigenvalue weighted by molar-refractivity contribution is -0.113. The first-order chi connectivity index (χ1) is 11.3. The molecule has 0 saturated carbocycles. The van der Waals surface area contributed by atoms with Crippen molar-refractivity contribution in [1.29, 1.82) is 0 Å². The number of aromatic nitrogens is 2. The van der Waals surface area contributed by atoms with Crippen LogP contribution in [0.5, 0.6) is 0 Å². The van der Waals surface area contributed by atoms with E-state index in [1.807, 2.05) is 49.4 Å². The van der Waals surface area contributed by atoms with Gasteiger partial charge in [-0.1, -0.05) is 59.5 Å². The minimum absolute atomic E-state index is 0.0495. The fourth-order valence-electron chi connectivity index (χ4n) is 2.14. The average Bonchev–Trinajstić information content (AvgIpc) is 3.01. The molecule has 1 amide bonds. The molecule has 0 bridgehead atoms. The predicted octanol–water partition coefficient (Wildman–Crippen LogP) is 3.85. The molecule has 2 N–H and O–H groups in total. The van der Waals surface area contributed by atoms with Crippen LogP contribution in [0.4, 0.5) is 10.8 Å². The lowest BCUT2D eigenvalue weighted by atomic mass is 10.1. The third-order valence-electron chi connectivity index (χ3n) is 3.12. The van der Waals surface area contributed by atoms with Crippen LogP contribution >= 0.6 is 23.1 Å². The zero-order valence-corrected chi connectivity index (χ0v) is 14.2. The largest absolute Gasteiger partial charge is 0.360 e. The summed E-state index contributed by atoms with van der Waals surface area (Å²) in [5, 5.41) is 17.1. The van der Waals surface area contributed by atoms with Gasteiger partial charge in [0.25, 0.3) is 0 Å². The van der Waals surface area contributed by atoms with Crippen LogP contribution in [0, 0.1) is 0 Å². The van der Waals surface area contributed by atoms with Crippen LogP contribution in [-0.4, -0.2) is 28.4 Å². The van der Waals surface area contributed by atoms with Crippen LogP contribution in [0.25, 0.3) is 10.8 Å². The summed E-state index contributed by atoms with van der Waals surface area (Å²) in [7, 11) is 0. The van der Waals surface area contributed by atoms with Crippen molar-refractivity contribution in [2.45, 2.75) is 11.3 Å². The van der Waals surface area contributed by atoms with Crippen LogP contribution < -0.4 is 10.6 Å². The number of hydrogen-bond donors (Lipinski definition) is 2. The molecule has 0 fully saturated rings. The molecule has 0 aliphatic heterocycles. The van der Waals surface area contributed by atoms with Crippen LogP contribution in [-0.2, 0) is 4.79 Å². The van der Waals surface area contributed by atoms with E-state index >= 15 is 0 Å². The minimum atomic E-state index is -0.0495. The van der Waals surface area contributed by atoms with Gasteiger partial charge in [0.1, 0.15) is 0 Å². The van der Waals surface area contributed by atoms with Gasteiger partial charge in [-0.3, -0.25) is 4.79 Å². The normalized spacial score (nSPS) is 10.7. The summed E-state index contributed by atoms with van der Waals surface area (Å²) >= 11 is 2.85. The van der Waals surface area contributed by atoms with Gasteiger partial charge in [-0.2, -0.15) is 0 Å². The Bertz CT molecular complexity index is 813. The van der Waals surface area contributed by atoms with Crippen LogP contribution in [0.1, 0.15) is 6.92 Å². The van der Waals surface area contributed by atoms with Crippen molar-refractivity contribution >= 4 is 50.6 Å². The van der Waals surface area contributed by atoms with Crippen molar-refractivity contribution in [3.63, 3.8) is 0 Å². The second kappa shape index (κ2) is 7.43. The first kappa shape index (κ1) is 15.8. The SMILES string of the molecule is CCNc1nnc(SCC(=O)Nc2cccc3ccccc23)s1. The van der Waals surface area contributed by atoms with Gasteiger partial charge >= 0.3 is 0 Å². The van der Waals surface area contributed by atoms with Crippen molar-refractivity contribution < 1.29 is 4.79 Å². The number of carbonyl (C=O) groups excluding carboxylic acids is 1. The summed E-state index contributed by atoms with van der Waals surface area (Å²) in [5.74, 6) is 0.260. The minimum Gasteiger partial charge on any atom is -0.360 e. The highest BCUT2D eigenvalue weighted by molar-refractivity contribution is 8.01. The first-order valence-corrected chi connectivity index (χ1v) is 9.04. The van der Waals surface area contributed by atoms with Crippen molar-refractivity contribution in [1.82, 2.24) is 10.2 Å². The molecule has 2 aromatic carbocycles. The molecule has 3 rings (SSSR count). The van der Waals surface area contributed by atoms with E-state index in [0.717, 1.165) is 32.5 Å². The third-order valence-corrected chi connectivity index (χ3v) is 5.14. The van der Waals surface area contributed by atoms with E-state index in [2.05, 4.69) is 20.8 Å². The molecule has 0 aliphatic rings. The van der Waals surface area contributed by atoms with E-state index in [1.165, 1.54) is 23.1 Å². The number of thioether (sulfide) groups is 1. The highest BCUT2D eigenvalue weighted by Crippen LogP contribution is 2.26. The molecule has 0 saturated heterocycles. The van der Waals surface area contributed by atoms with Gasteiger partial charge in [0.05, 0.1) is 5.75 Å². The van der Waals surface area contributed by atoms with E-state index in [4.69, 9.17) is 0 Å². The molecule has 0 atom stereocenters. The number of carbonyl (C=O) groups is 1. The Balaban J connectivity index is 1.62. The summed E-state index contributed by atoms with van der Waals surface area (Å²) in [6.45, 7) is 2.81. The summed E-state index contributed by atoms with van der Waals surface area (Å²) < 4.78 is 0.786. The zero-order valence-electron chi connectivity index (χ0n) is 12.6. The Labute approximate surface area is 142 Å². The van der Waals surface area contributed by atoms with Gasteiger partial charge < -0.3 is 10.6 Å². The molecule has 1 aromatic heterocycles. The van der Waals surface area contributed by atoms with Gasteiger partial charge in [0.2, 0.25) is 11.0 Å². The number of rotatable bonds is 6. The number of hydrogen-bond acceptors (Lipinski definition) is 6. The van der Waals surface area contributed by atoms with Crippen LogP contribution in [0.2, 0.25) is 0 Å². The molecular weight excluding hydrogens is 328 g/mol. The van der Waals surface area contributed by atoms with Gasteiger partial charge in [-0.05, 0) is 18.4 Å². The average molecular weight is 344 g/mol. The van der Waals surface area contributed by atoms with Crippen molar-refractivity contribution in [3.05, 3.63) is 42.5 Å². The third kappa shape index (κ3) is 4.00. The molecule has 3 aromatic rings. The van der Waals surface area contributed by atoms with Gasteiger partial charge in [0, 0.05) is 17.6 Å². The highest BCUT2D eigenvalue weighted by Gasteiger charge is 2.09. The van der Waals surface area contributed by atoms with E-state index in [0.29, 0.717) is 5.75 Å². The maximum absolute atomic E-state index is 12.2. The fourth-order valence-corrected chi connectivity index (χ4v) is 3.76. The standard InChI is InChI=1S/C16H16N4OS2/c1-2-17-15-19-20-16(23-15)22-10-14(21)18-13-9-5-7-11-6-3-4-8-12(11)13/h3-9H,2,10H2,1H3,(H,17,19)(H,18,21). The summed E-state index contributed by atoms with van der Waals surface area (Å²) in [4.78, 5) is 12.2. The van der Waals surface area contributed by atoms with Gasteiger partial charge in [-0.25, -0.2) is 0 Å². The summed E-state index contributed by atoms with van der Waals surface area (Å²) in [6.07, 6.45) is 0. The first-order valence-electron chi connectivity index (χ1n) is 7.24. The number of amides is 1. The summed E-state index contributed by atoms with van der Waals surface area (Å²) in [6, 6.07) is 13.9. The van der Waals surface area contributed by atoms with E-state index < -0.39 is 0 Å². The lowest BCUT2D eigenvalue weighted by Gasteiger charge is -2.08. The Hall–Kier alpha value is -2.12. The van der Waals surface area contributed by atoms with Crippen LogP contribution in [0.15, 0.2) is 46.8 Å². The monoisotopic (exact) mass is 344 g/mol. The van der Waals surface area contributed by atoms with Crippen molar-refractivity contribution in [2.75, 3.05) is 22.9 Å². The fraction of sp³-hybridized carbons (Fsp3) is 0.188. The number of benzene rings is 2. The predicted molar refractivity (Wildman–Crippen MR) is 97.4 cm³/mol. The van der Waals surface area contributed by atoms with E-state index in [1.54, 1.807) is 0 Å².